The number of rotatable bonds is 5. The molecular formula is C21H24F3N5Sn. The second-order valence-electron chi connectivity index (χ2n) is 8.42. The number of fused-ring (bicyclic) bond motifs is 2. The van der Waals surface area contributed by atoms with Gasteiger partial charge in [-0.2, -0.15) is 0 Å². The van der Waals surface area contributed by atoms with Gasteiger partial charge < -0.3 is 0 Å². The Morgan fingerprint density at radius 1 is 1.13 bits per heavy atom. The van der Waals surface area contributed by atoms with Gasteiger partial charge in [0.2, 0.25) is 0 Å². The molecule has 1 aromatic heterocycles. The first-order valence-electron chi connectivity index (χ1n) is 10.4. The summed E-state index contributed by atoms with van der Waals surface area (Å²) in [4.78, 5) is 12.5. The number of piperazine rings is 1. The van der Waals surface area contributed by atoms with Crippen LogP contribution in [-0.2, 0) is 6.18 Å². The number of hydrogen-bond donors (Lipinski definition) is 2. The van der Waals surface area contributed by atoms with Crippen molar-refractivity contribution in [1.82, 2.24) is 15.3 Å². The Bertz CT molecular complexity index is 935. The summed E-state index contributed by atoms with van der Waals surface area (Å²) in [7, 11) is 0. The molecule has 3 aliphatic rings. The molecule has 0 spiro atoms. The Balaban J connectivity index is 1.41. The van der Waals surface area contributed by atoms with Crippen molar-refractivity contribution in [3.05, 3.63) is 35.5 Å². The summed E-state index contributed by atoms with van der Waals surface area (Å²) >= 11 is -1.38. The first-order valence-corrected chi connectivity index (χ1v) is 14.7. The van der Waals surface area contributed by atoms with Crippen LogP contribution >= 0.6 is 0 Å². The molecule has 3 heterocycles. The molecular weight excluding hydrogens is 498 g/mol. The number of halogens is 3. The molecule has 5 nitrogen and oxygen atoms in total. The first-order chi connectivity index (χ1) is 14.4. The van der Waals surface area contributed by atoms with E-state index in [0.29, 0.717) is 18.0 Å². The van der Waals surface area contributed by atoms with E-state index in [1.807, 2.05) is 11.0 Å². The summed E-state index contributed by atoms with van der Waals surface area (Å²) < 4.78 is 39.7. The van der Waals surface area contributed by atoms with E-state index in [1.165, 1.54) is 24.1 Å². The molecule has 1 aromatic carbocycles. The number of nitrogens with one attached hydrogen (secondary N) is 2. The maximum absolute atomic E-state index is 13.2. The summed E-state index contributed by atoms with van der Waals surface area (Å²) in [6.45, 7) is 2.06. The summed E-state index contributed by atoms with van der Waals surface area (Å²) in [5.41, 5.74) is 2.68. The number of anilines is 3. The van der Waals surface area contributed by atoms with Crippen LogP contribution in [0, 0.1) is 0 Å². The van der Waals surface area contributed by atoms with Gasteiger partial charge in [-0.15, -0.1) is 0 Å². The normalized spacial score (nSPS) is 23.7. The van der Waals surface area contributed by atoms with E-state index >= 15 is 0 Å². The second kappa shape index (κ2) is 7.85. The van der Waals surface area contributed by atoms with Crippen molar-refractivity contribution in [2.75, 3.05) is 23.3 Å². The zero-order valence-electron chi connectivity index (χ0n) is 16.8. The Morgan fingerprint density at radius 3 is 2.50 bits per heavy atom. The molecule has 2 atom stereocenters. The van der Waals surface area contributed by atoms with Gasteiger partial charge in [-0.25, -0.2) is 0 Å². The summed E-state index contributed by atoms with van der Waals surface area (Å²) in [6.07, 6.45) is 1.31. The summed E-state index contributed by atoms with van der Waals surface area (Å²) in [5, 5.41) is 6.88. The molecule has 158 valence electrons. The molecule has 2 bridgehead atoms. The number of hydrogen-bond acceptors (Lipinski definition) is 5. The maximum atomic E-state index is 13.2. The third-order valence-corrected chi connectivity index (χ3v) is 8.65. The van der Waals surface area contributed by atoms with Crippen LogP contribution < -0.4 is 19.2 Å². The van der Waals surface area contributed by atoms with E-state index in [-0.39, 0.29) is 9.66 Å². The predicted octanol–water partition coefficient (Wildman–Crippen LogP) is 3.43. The fourth-order valence-electron chi connectivity index (χ4n) is 4.56. The Morgan fingerprint density at radius 2 is 1.87 bits per heavy atom. The molecule has 30 heavy (non-hydrogen) atoms. The topological polar surface area (TPSA) is 53.1 Å². The van der Waals surface area contributed by atoms with E-state index in [1.54, 1.807) is 0 Å². The monoisotopic (exact) mass is 523 g/mol. The predicted molar refractivity (Wildman–Crippen MR) is 112 cm³/mol. The molecule has 1 aliphatic carbocycles. The minimum absolute atomic E-state index is 0.185. The van der Waals surface area contributed by atoms with Gasteiger partial charge in [0, 0.05) is 0 Å². The number of aromatic nitrogens is 2. The molecule has 3 fully saturated rings. The van der Waals surface area contributed by atoms with Crippen LogP contribution in [0.1, 0.15) is 42.7 Å². The van der Waals surface area contributed by atoms with E-state index < -0.39 is 32.9 Å². The van der Waals surface area contributed by atoms with Crippen LogP contribution in [-0.4, -0.2) is 56.3 Å². The molecule has 1 saturated carbocycles. The van der Waals surface area contributed by atoms with Gasteiger partial charge in [-0.3, -0.25) is 0 Å². The SMILES string of the molecule is [CH3][Sn][c]1nc(Nc2ccc(N3CC4CCC(C3)N4)cc2C2CC2)ncc1C(F)(F)F. The third kappa shape index (κ3) is 4.12. The fraction of sp³-hybridized carbons (Fsp3) is 0.524. The van der Waals surface area contributed by atoms with Crippen LogP contribution in [0.4, 0.5) is 30.5 Å². The van der Waals surface area contributed by atoms with Crippen molar-refractivity contribution in [2.24, 2.45) is 0 Å². The van der Waals surface area contributed by atoms with Crippen LogP contribution in [0.5, 0.6) is 0 Å². The van der Waals surface area contributed by atoms with Gasteiger partial charge in [-0.05, 0) is 0 Å². The van der Waals surface area contributed by atoms with Gasteiger partial charge in [0.1, 0.15) is 0 Å². The van der Waals surface area contributed by atoms with E-state index in [4.69, 9.17) is 0 Å². The molecule has 2 saturated heterocycles. The average Bonchev–Trinajstić information content (AvgIpc) is 3.51. The average molecular weight is 522 g/mol. The Labute approximate surface area is 184 Å². The first kappa shape index (κ1) is 20.4. The summed E-state index contributed by atoms with van der Waals surface area (Å²) in [5.74, 6) is 0.763. The van der Waals surface area contributed by atoms with Gasteiger partial charge in [0.25, 0.3) is 0 Å². The van der Waals surface area contributed by atoms with E-state index in [9.17, 15) is 13.2 Å². The standard InChI is InChI=1S/C20H21F3N5.CH3.Sn/c21-20(22,23)13-8-24-19(25-9-13)27-18-6-5-16(7-17(18)12-1-2-12)28-10-14-3-4-15(11-28)26-14;;/h5-8,12,14-15,26H,1-4,10-11H2,(H,24,25,27);1H3;. The van der Waals surface area contributed by atoms with Crippen molar-refractivity contribution < 1.29 is 13.2 Å². The number of nitrogens with zero attached hydrogens (tertiary/aromatic N) is 3. The minimum atomic E-state index is -4.39. The molecule has 2 radical (unpaired) electrons. The summed E-state index contributed by atoms with van der Waals surface area (Å²) in [6, 6.07) is 7.56. The van der Waals surface area contributed by atoms with Crippen LogP contribution in [0.2, 0.25) is 4.94 Å². The van der Waals surface area contributed by atoms with Gasteiger partial charge >= 0.3 is 184 Å². The van der Waals surface area contributed by atoms with Crippen molar-refractivity contribution in [3.63, 3.8) is 0 Å². The van der Waals surface area contributed by atoms with Gasteiger partial charge in [0.15, 0.2) is 0 Å². The van der Waals surface area contributed by atoms with Crippen LogP contribution in [0.3, 0.4) is 0 Å². The Hall–Kier alpha value is -1.55. The molecule has 5 rings (SSSR count). The second-order valence-corrected chi connectivity index (χ2v) is 11.2. The quantitative estimate of drug-likeness (QED) is 0.590. The van der Waals surface area contributed by atoms with Crippen molar-refractivity contribution in [2.45, 2.75) is 54.8 Å². The zero-order chi connectivity index (χ0) is 20.9. The van der Waals surface area contributed by atoms with Crippen molar-refractivity contribution in [1.29, 1.82) is 0 Å². The fourth-order valence-corrected chi connectivity index (χ4v) is 6.54. The van der Waals surface area contributed by atoms with Crippen molar-refractivity contribution >= 4 is 42.2 Å². The zero-order valence-corrected chi connectivity index (χ0v) is 19.6. The van der Waals surface area contributed by atoms with Crippen LogP contribution in [0.25, 0.3) is 0 Å². The van der Waals surface area contributed by atoms with Crippen LogP contribution in [0.15, 0.2) is 24.4 Å². The molecule has 0 amide bonds. The van der Waals surface area contributed by atoms with E-state index in [0.717, 1.165) is 37.8 Å². The molecule has 2 aromatic rings. The number of alkyl halides is 3. The van der Waals surface area contributed by atoms with Crippen molar-refractivity contribution in [3.8, 4) is 0 Å². The van der Waals surface area contributed by atoms with Gasteiger partial charge in [-0.1, -0.05) is 0 Å². The Kier molecular flexibility index (Phi) is 5.33. The van der Waals surface area contributed by atoms with E-state index in [2.05, 4.69) is 37.6 Å². The molecule has 9 heteroatoms. The van der Waals surface area contributed by atoms with Gasteiger partial charge in [0.05, 0.1) is 0 Å². The molecule has 2 unspecified atom stereocenters. The molecule has 2 N–H and O–H groups in total. The molecule has 2 aliphatic heterocycles. The number of benzene rings is 1. The third-order valence-electron chi connectivity index (χ3n) is 6.21.